The van der Waals surface area contributed by atoms with Gasteiger partial charge in [-0.1, -0.05) is 6.07 Å². The van der Waals surface area contributed by atoms with E-state index >= 15 is 0 Å². The summed E-state index contributed by atoms with van der Waals surface area (Å²) in [7, 11) is 0. The van der Waals surface area contributed by atoms with Crippen LogP contribution in [0.3, 0.4) is 0 Å². The van der Waals surface area contributed by atoms with E-state index in [2.05, 4.69) is 20.4 Å². The fraction of sp³-hybridized carbons (Fsp3) is 0. The number of hydrogen-bond donors (Lipinski definition) is 0. The average molecular weight is 178 g/mol. The number of halogens is 1. The summed E-state index contributed by atoms with van der Waals surface area (Å²) in [5.74, 6) is -0.908. The molecule has 6 heteroatoms. The summed E-state index contributed by atoms with van der Waals surface area (Å²) in [4.78, 5) is 13.6. The van der Waals surface area contributed by atoms with Crippen LogP contribution in [0.15, 0.2) is 23.4 Å². The normalized spacial score (nSPS) is 10.2. The van der Waals surface area contributed by atoms with E-state index in [0.29, 0.717) is 5.52 Å². The molecule has 0 bridgehead atoms. The predicted octanol–water partition coefficient (Wildman–Crippen LogP) is 1.56. The highest BCUT2D eigenvalue weighted by atomic mass is 19.1. The molecule has 64 valence electrons. The maximum Gasteiger partial charge on any atom is 0.310 e. The van der Waals surface area contributed by atoms with Crippen LogP contribution < -0.4 is 0 Å². The van der Waals surface area contributed by atoms with Gasteiger partial charge in [0.25, 0.3) is 0 Å². The van der Waals surface area contributed by atoms with Crippen molar-refractivity contribution in [1.29, 1.82) is 0 Å². The first kappa shape index (κ1) is 7.66. The van der Waals surface area contributed by atoms with Gasteiger partial charge in [-0.2, -0.15) is 0 Å². The van der Waals surface area contributed by atoms with Crippen molar-refractivity contribution < 1.29 is 4.39 Å². The first-order valence-electron chi connectivity index (χ1n) is 3.43. The molecule has 0 aliphatic rings. The van der Waals surface area contributed by atoms with Gasteiger partial charge in [0.05, 0.1) is 0 Å². The Hall–Kier alpha value is -1.98. The molecule has 2 rings (SSSR count). The highest BCUT2D eigenvalue weighted by Gasteiger charge is 2.05. The summed E-state index contributed by atoms with van der Waals surface area (Å²) in [5, 5.41) is 9.39. The van der Waals surface area contributed by atoms with Gasteiger partial charge < -0.3 is 0 Å². The monoisotopic (exact) mass is 178 g/mol. The molecular weight excluding hydrogens is 175 g/mol. The number of rotatable bonds is 1. The van der Waals surface area contributed by atoms with Crippen molar-refractivity contribution in [2.24, 2.45) is 5.18 Å². The molecule has 0 aliphatic carbocycles. The first-order valence-corrected chi connectivity index (χ1v) is 3.43. The van der Waals surface area contributed by atoms with Crippen LogP contribution in [0.25, 0.3) is 11.0 Å². The lowest BCUT2D eigenvalue weighted by Crippen LogP contribution is -1.90. The number of benzene rings is 1. The largest absolute Gasteiger partial charge is 0.310 e. The molecule has 1 aromatic heterocycles. The van der Waals surface area contributed by atoms with Crippen LogP contribution in [0.5, 0.6) is 0 Å². The van der Waals surface area contributed by atoms with Gasteiger partial charge in [-0.3, -0.25) is 0 Å². The number of nitroso groups, excluding NO2 is 1. The van der Waals surface area contributed by atoms with Crippen LogP contribution in [0.1, 0.15) is 0 Å². The van der Waals surface area contributed by atoms with Crippen molar-refractivity contribution in [2.75, 3.05) is 0 Å². The second kappa shape index (κ2) is 2.81. The fourth-order valence-electron chi connectivity index (χ4n) is 0.955. The molecule has 0 saturated carbocycles. The maximum atomic E-state index is 13.0. The summed E-state index contributed by atoms with van der Waals surface area (Å²) in [6.45, 7) is 0. The molecule has 13 heavy (non-hydrogen) atoms. The highest BCUT2D eigenvalue weighted by Crippen LogP contribution is 2.14. The molecule has 2 aromatic rings. The van der Waals surface area contributed by atoms with E-state index in [4.69, 9.17) is 0 Å². The lowest BCUT2D eigenvalue weighted by atomic mass is 10.3. The molecule has 1 aromatic carbocycles. The van der Waals surface area contributed by atoms with E-state index < -0.39 is 5.82 Å². The lowest BCUT2D eigenvalue weighted by Gasteiger charge is -1.95. The number of aromatic nitrogens is 3. The second-order valence-electron chi connectivity index (χ2n) is 2.31. The Morgan fingerprint density at radius 3 is 2.92 bits per heavy atom. The van der Waals surface area contributed by atoms with Crippen LogP contribution in [-0.4, -0.2) is 15.2 Å². The Kier molecular flexibility index (Phi) is 1.66. The van der Waals surface area contributed by atoms with Crippen LogP contribution in [0, 0.1) is 10.7 Å². The van der Waals surface area contributed by atoms with Crippen LogP contribution >= 0.6 is 0 Å². The molecule has 5 nitrogen and oxygen atoms in total. The Balaban J connectivity index is 2.81. The molecule has 0 unspecified atom stereocenters. The summed E-state index contributed by atoms with van der Waals surface area (Å²) >= 11 is 0. The molecule has 1 heterocycles. The molecule has 0 aliphatic heterocycles. The third-order valence-corrected chi connectivity index (χ3v) is 1.51. The number of hydrogen-bond acceptors (Lipinski definition) is 5. The summed E-state index contributed by atoms with van der Waals surface area (Å²) < 4.78 is 13.0. The highest BCUT2D eigenvalue weighted by molar-refractivity contribution is 5.74. The van der Waals surface area contributed by atoms with Gasteiger partial charge in [0.15, 0.2) is 5.82 Å². The first-order chi connectivity index (χ1) is 6.31. The molecule has 0 radical (unpaired) electrons. The zero-order valence-corrected chi connectivity index (χ0v) is 6.31. The third-order valence-electron chi connectivity index (χ3n) is 1.51. The van der Waals surface area contributed by atoms with E-state index in [-0.39, 0.29) is 11.5 Å². The minimum absolute atomic E-state index is 0.00657. The molecule has 0 saturated heterocycles. The van der Waals surface area contributed by atoms with Gasteiger partial charge in [-0.15, -0.1) is 15.1 Å². The molecule has 0 atom stereocenters. The lowest BCUT2D eigenvalue weighted by molar-refractivity contribution is 0.635. The SMILES string of the molecule is O=Nc1nnc2cccc(F)c2n1. The van der Waals surface area contributed by atoms with Crippen LogP contribution in [-0.2, 0) is 0 Å². The number of para-hydroxylation sites is 1. The van der Waals surface area contributed by atoms with Gasteiger partial charge in [0.1, 0.15) is 11.0 Å². The van der Waals surface area contributed by atoms with E-state index in [1.807, 2.05) is 0 Å². The molecular formula is C7H3FN4O. The van der Waals surface area contributed by atoms with Crippen molar-refractivity contribution in [2.45, 2.75) is 0 Å². The Morgan fingerprint density at radius 2 is 2.15 bits per heavy atom. The van der Waals surface area contributed by atoms with E-state index in [0.717, 1.165) is 0 Å². The summed E-state index contributed by atoms with van der Waals surface area (Å²) in [5.41, 5.74) is 0.305. The fourth-order valence-corrected chi connectivity index (χ4v) is 0.955. The minimum atomic E-state index is -0.544. The zero-order chi connectivity index (χ0) is 9.26. The quantitative estimate of drug-likeness (QED) is 0.621. The molecule has 0 N–H and O–H groups in total. The summed E-state index contributed by atoms with van der Waals surface area (Å²) in [6, 6.07) is 4.26. The molecule has 0 fully saturated rings. The Bertz CT molecular complexity index is 473. The minimum Gasteiger partial charge on any atom is -0.205 e. The Labute approximate surface area is 71.6 Å². The predicted molar refractivity (Wildman–Crippen MR) is 42.7 cm³/mol. The van der Waals surface area contributed by atoms with Gasteiger partial charge in [-0.05, 0) is 12.1 Å². The number of nitrogens with zero attached hydrogens (tertiary/aromatic N) is 4. The number of fused-ring (bicyclic) bond motifs is 1. The van der Waals surface area contributed by atoms with E-state index in [1.54, 1.807) is 6.07 Å². The zero-order valence-electron chi connectivity index (χ0n) is 6.31. The van der Waals surface area contributed by atoms with Crippen molar-refractivity contribution >= 4 is 17.0 Å². The van der Waals surface area contributed by atoms with Crippen molar-refractivity contribution in [3.05, 3.63) is 28.9 Å². The van der Waals surface area contributed by atoms with E-state index in [1.165, 1.54) is 12.1 Å². The molecule has 0 amide bonds. The van der Waals surface area contributed by atoms with Gasteiger partial charge in [-0.25, -0.2) is 9.37 Å². The second-order valence-corrected chi connectivity index (χ2v) is 2.31. The van der Waals surface area contributed by atoms with Crippen molar-refractivity contribution in [3.8, 4) is 0 Å². The van der Waals surface area contributed by atoms with Gasteiger partial charge in [0.2, 0.25) is 0 Å². The van der Waals surface area contributed by atoms with Gasteiger partial charge >= 0.3 is 5.95 Å². The average Bonchev–Trinajstić information content (AvgIpc) is 2.18. The summed E-state index contributed by atoms with van der Waals surface area (Å²) in [6.07, 6.45) is 0. The van der Waals surface area contributed by atoms with Crippen molar-refractivity contribution in [3.63, 3.8) is 0 Å². The molecule has 0 spiro atoms. The van der Waals surface area contributed by atoms with Crippen molar-refractivity contribution in [1.82, 2.24) is 15.2 Å². The van der Waals surface area contributed by atoms with Gasteiger partial charge in [0, 0.05) is 5.18 Å². The van der Waals surface area contributed by atoms with Crippen LogP contribution in [0.2, 0.25) is 0 Å². The topological polar surface area (TPSA) is 68.1 Å². The van der Waals surface area contributed by atoms with E-state index in [9.17, 15) is 9.30 Å². The standard InChI is InChI=1S/C7H3FN4O/c8-4-2-1-3-5-6(4)9-7(12-13)11-10-5/h1-3H. The smallest absolute Gasteiger partial charge is 0.205 e. The maximum absolute atomic E-state index is 13.0. The third kappa shape index (κ3) is 1.22. The van der Waals surface area contributed by atoms with Crippen LogP contribution in [0.4, 0.5) is 10.3 Å². The Morgan fingerprint density at radius 1 is 1.31 bits per heavy atom.